The van der Waals surface area contributed by atoms with Gasteiger partial charge in [-0.1, -0.05) is 73.3 Å². The molecular weight excluding hydrogens is 268 g/mol. The van der Waals surface area contributed by atoms with Crippen LogP contribution in [0.2, 0.25) is 0 Å². The van der Waals surface area contributed by atoms with Crippen molar-refractivity contribution in [2.24, 2.45) is 0 Å². The van der Waals surface area contributed by atoms with E-state index >= 15 is 0 Å². The highest BCUT2D eigenvalue weighted by Crippen LogP contribution is 2.33. The number of rotatable bonds is 6. The molecule has 0 amide bonds. The average molecular weight is 286 g/mol. The molecule has 0 heterocycles. The summed E-state index contributed by atoms with van der Waals surface area (Å²) in [6.45, 7) is 2.23. The molecule has 0 radical (unpaired) electrons. The van der Waals surface area contributed by atoms with Gasteiger partial charge in [0.05, 0.1) is 0 Å². The normalized spacial score (nSPS) is 11.5. The Morgan fingerprint density at radius 3 is 2.05 bits per heavy atom. The summed E-state index contributed by atoms with van der Waals surface area (Å²) in [4.78, 5) is 4.04. The van der Waals surface area contributed by atoms with Crippen molar-refractivity contribution in [1.29, 1.82) is 0 Å². The zero-order valence-corrected chi connectivity index (χ0v) is 12.7. The molecule has 0 bridgehead atoms. The molecule has 2 aromatic carbocycles. The van der Waals surface area contributed by atoms with Crippen molar-refractivity contribution in [3.8, 4) is 0 Å². The molecule has 0 atom stereocenters. The van der Waals surface area contributed by atoms with Crippen LogP contribution in [0.5, 0.6) is 0 Å². The van der Waals surface area contributed by atoms with Crippen molar-refractivity contribution < 1.29 is 0 Å². The SMILES string of the molecule is CCC/C(=C\Sc1ccccc1)Sc1ccccc1. The van der Waals surface area contributed by atoms with Crippen LogP contribution in [0.4, 0.5) is 0 Å². The van der Waals surface area contributed by atoms with Crippen LogP contribution >= 0.6 is 23.5 Å². The van der Waals surface area contributed by atoms with Crippen LogP contribution < -0.4 is 0 Å². The quantitative estimate of drug-likeness (QED) is 0.579. The molecule has 0 aliphatic rings. The van der Waals surface area contributed by atoms with Crippen LogP contribution in [0.1, 0.15) is 19.8 Å². The van der Waals surface area contributed by atoms with Crippen LogP contribution in [0.25, 0.3) is 0 Å². The van der Waals surface area contributed by atoms with Crippen molar-refractivity contribution in [3.05, 3.63) is 71.0 Å². The number of benzene rings is 2. The molecule has 2 heteroatoms. The molecule has 0 aliphatic carbocycles. The zero-order valence-electron chi connectivity index (χ0n) is 11.1. The molecular formula is C17H18S2. The fourth-order valence-electron chi connectivity index (χ4n) is 1.65. The Bertz CT molecular complexity index is 503. The second-order valence-corrected chi connectivity index (χ2v) is 6.32. The largest absolute Gasteiger partial charge is 0.0972 e. The topological polar surface area (TPSA) is 0 Å². The van der Waals surface area contributed by atoms with Gasteiger partial charge in [-0.25, -0.2) is 0 Å². The zero-order chi connectivity index (χ0) is 13.3. The Labute approximate surface area is 124 Å². The summed E-state index contributed by atoms with van der Waals surface area (Å²) in [7, 11) is 0. The van der Waals surface area contributed by atoms with E-state index in [-0.39, 0.29) is 0 Å². The van der Waals surface area contributed by atoms with Gasteiger partial charge in [-0.05, 0) is 41.0 Å². The van der Waals surface area contributed by atoms with Crippen LogP contribution in [0.3, 0.4) is 0 Å². The lowest BCUT2D eigenvalue weighted by atomic mass is 10.3. The number of hydrogen-bond donors (Lipinski definition) is 0. The first kappa shape index (κ1) is 14.3. The lowest BCUT2D eigenvalue weighted by Crippen LogP contribution is -1.77. The Hall–Kier alpha value is -1.12. The summed E-state index contributed by atoms with van der Waals surface area (Å²) in [6, 6.07) is 21.1. The molecule has 0 N–H and O–H groups in total. The van der Waals surface area contributed by atoms with Crippen LogP contribution in [0, 0.1) is 0 Å². The maximum atomic E-state index is 2.29. The molecule has 0 aromatic heterocycles. The van der Waals surface area contributed by atoms with Gasteiger partial charge < -0.3 is 0 Å². The van der Waals surface area contributed by atoms with Gasteiger partial charge in [0.15, 0.2) is 0 Å². The van der Waals surface area contributed by atoms with E-state index in [2.05, 4.69) is 73.0 Å². The van der Waals surface area contributed by atoms with E-state index in [1.807, 2.05) is 11.8 Å². The minimum atomic E-state index is 1.14. The van der Waals surface area contributed by atoms with Crippen molar-refractivity contribution >= 4 is 23.5 Å². The Kier molecular flexibility index (Phi) is 6.12. The molecule has 2 aromatic rings. The molecule has 0 fully saturated rings. The van der Waals surface area contributed by atoms with Crippen molar-refractivity contribution in [1.82, 2.24) is 0 Å². The van der Waals surface area contributed by atoms with Crippen molar-refractivity contribution in [3.63, 3.8) is 0 Å². The Balaban J connectivity index is 2.03. The second-order valence-electron chi connectivity index (χ2n) is 4.18. The van der Waals surface area contributed by atoms with E-state index < -0.39 is 0 Å². The third-order valence-corrected chi connectivity index (χ3v) is 4.75. The predicted octanol–water partition coefficient (Wildman–Crippen LogP) is 6.21. The summed E-state index contributed by atoms with van der Waals surface area (Å²) < 4.78 is 0. The molecule has 0 aliphatic heterocycles. The third kappa shape index (κ3) is 5.17. The van der Waals surface area contributed by atoms with Crippen LogP contribution in [-0.4, -0.2) is 0 Å². The van der Waals surface area contributed by atoms with Gasteiger partial charge in [0, 0.05) is 9.79 Å². The van der Waals surface area contributed by atoms with Gasteiger partial charge in [-0.2, -0.15) is 0 Å². The molecule has 0 unspecified atom stereocenters. The van der Waals surface area contributed by atoms with Gasteiger partial charge >= 0.3 is 0 Å². The van der Waals surface area contributed by atoms with E-state index in [1.165, 1.54) is 21.1 Å². The highest BCUT2D eigenvalue weighted by Gasteiger charge is 2.00. The van der Waals surface area contributed by atoms with Gasteiger partial charge in [0.25, 0.3) is 0 Å². The molecule has 98 valence electrons. The fourth-order valence-corrected chi connectivity index (χ4v) is 3.59. The van der Waals surface area contributed by atoms with E-state index in [0.29, 0.717) is 0 Å². The van der Waals surface area contributed by atoms with Crippen molar-refractivity contribution in [2.45, 2.75) is 29.6 Å². The standard InChI is InChI=1S/C17H18S2/c1-2-9-17(19-16-12-7-4-8-13-16)14-18-15-10-5-3-6-11-15/h3-8,10-14H,2,9H2,1H3/b17-14+. The minimum Gasteiger partial charge on any atom is -0.0972 e. The monoisotopic (exact) mass is 286 g/mol. The first-order valence-electron chi connectivity index (χ1n) is 6.52. The molecule has 0 saturated heterocycles. The maximum absolute atomic E-state index is 2.29. The third-order valence-electron chi connectivity index (χ3n) is 2.56. The number of allylic oxidation sites excluding steroid dienone is 1. The first-order valence-corrected chi connectivity index (χ1v) is 8.21. The Morgan fingerprint density at radius 1 is 0.895 bits per heavy atom. The van der Waals surface area contributed by atoms with Gasteiger partial charge in [-0.3, -0.25) is 0 Å². The summed E-state index contributed by atoms with van der Waals surface area (Å²) in [5.74, 6) is 0. The fraction of sp³-hybridized carbons (Fsp3) is 0.176. The second kappa shape index (κ2) is 8.13. The highest BCUT2D eigenvalue weighted by atomic mass is 32.2. The first-order chi connectivity index (χ1) is 9.38. The molecule has 0 saturated carbocycles. The van der Waals surface area contributed by atoms with Crippen molar-refractivity contribution in [2.75, 3.05) is 0 Å². The summed E-state index contributed by atoms with van der Waals surface area (Å²) in [6.07, 6.45) is 2.32. The average Bonchev–Trinajstić information content (AvgIpc) is 2.47. The minimum absolute atomic E-state index is 1.14. The lowest BCUT2D eigenvalue weighted by Gasteiger charge is -2.06. The molecule has 2 rings (SSSR count). The molecule has 19 heavy (non-hydrogen) atoms. The maximum Gasteiger partial charge on any atom is 0.0119 e. The Morgan fingerprint density at radius 2 is 1.47 bits per heavy atom. The van der Waals surface area contributed by atoms with E-state index in [1.54, 1.807) is 11.8 Å². The molecule has 0 spiro atoms. The van der Waals surface area contributed by atoms with E-state index in [0.717, 1.165) is 6.42 Å². The highest BCUT2D eigenvalue weighted by molar-refractivity contribution is 8.06. The van der Waals surface area contributed by atoms with Gasteiger partial charge in [0.2, 0.25) is 0 Å². The van der Waals surface area contributed by atoms with E-state index in [4.69, 9.17) is 0 Å². The van der Waals surface area contributed by atoms with Gasteiger partial charge in [0.1, 0.15) is 0 Å². The van der Waals surface area contributed by atoms with Crippen LogP contribution in [0.15, 0.2) is 80.8 Å². The summed E-state index contributed by atoms with van der Waals surface area (Å²) in [5.41, 5.74) is 0. The summed E-state index contributed by atoms with van der Waals surface area (Å²) in [5, 5.41) is 2.29. The van der Waals surface area contributed by atoms with Gasteiger partial charge in [-0.15, -0.1) is 0 Å². The van der Waals surface area contributed by atoms with Crippen LogP contribution in [-0.2, 0) is 0 Å². The predicted molar refractivity (Wildman–Crippen MR) is 87.6 cm³/mol. The summed E-state index contributed by atoms with van der Waals surface area (Å²) >= 11 is 3.68. The smallest absolute Gasteiger partial charge is 0.0119 e. The molecule has 0 nitrogen and oxygen atoms in total. The number of thioether (sulfide) groups is 2. The lowest BCUT2D eigenvalue weighted by molar-refractivity contribution is 0.949. The van der Waals surface area contributed by atoms with E-state index in [9.17, 15) is 0 Å². The number of hydrogen-bond acceptors (Lipinski definition) is 2.